The molecule has 0 fully saturated rings. The number of nitrogens with zero attached hydrogens (tertiary/aromatic N) is 2. The number of fused-ring (bicyclic) bond motifs is 3. The Bertz CT molecular complexity index is 1440. The van der Waals surface area contributed by atoms with Crippen molar-refractivity contribution >= 4 is 50.5 Å². The van der Waals surface area contributed by atoms with Crippen molar-refractivity contribution in [3.05, 3.63) is 86.3 Å². The first kappa shape index (κ1) is 27.7. The van der Waals surface area contributed by atoms with E-state index in [0.29, 0.717) is 71.2 Å². The summed E-state index contributed by atoms with van der Waals surface area (Å²) in [7, 11) is 0. The molecule has 0 radical (unpaired) electrons. The maximum Gasteiger partial charge on any atom is 0.247 e. The van der Waals surface area contributed by atoms with E-state index in [1.165, 1.54) is 18.2 Å². The Hall–Kier alpha value is -2.84. The van der Waals surface area contributed by atoms with Gasteiger partial charge in [0, 0.05) is 52.0 Å². The lowest BCUT2D eigenvalue weighted by atomic mass is 9.88. The molecule has 1 aliphatic carbocycles. The fourth-order valence-corrected chi connectivity index (χ4v) is 6.24. The summed E-state index contributed by atoms with van der Waals surface area (Å²) in [6, 6.07) is 6.48. The lowest BCUT2D eigenvalue weighted by molar-refractivity contribution is -0.129. The summed E-state index contributed by atoms with van der Waals surface area (Å²) >= 11 is 9.41. The van der Waals surface area contributed by atoms with Gasteiger partial charge in [-0.15, -0.1) is 0 Å². The first-order chi connectivity index (χ1) is 18.6. The second-order valence-electron chi connectivity index (χ2n) is 10.5. The van der Waals surface area contributed by atoms with Gasteiger partial charge < -0.3 is 10.2 Å². The molecule has 3 heterocycles. The number of nitrogens with one attached hydrogen (secondary N) is 1. The molecule has 2 bridgehead atoms. The molecule has 204 valence electrons. The first-order valence-corrected chi connectivity index (χ1v) is 14.3. The van der Waals surface area contributed by atoms with Crippen LogP contribution in [0.1, 0.15) is 68.8 Å². The van der Waals surface area contributed by atoms with Crippen LogP contribution in [0.3, 0.4) is 0 Å². The van der Waals surface area contributed by atoms with Crippen LogP contribution < -0.4 is 5.32 Å². The number of hydrogen-bond acceptors (Lipinski definition) is 3. The molecular formula is C30H29BrClF2N3O2. The van der Waals surface area contributed by atoms with Crippen molar-refractivity contribution in [2.24, 2.45) is 11.8 Å². The Morgan fingerprint density at radius 1 is 1.10 bits per heavy atom. The molecule has 9 heteroatoms. The number of allylic oxidation sites excluding steroid dienone is 4. The van der Waals surface area contributed by atoms with Gasteiger partial charge in [0.1, 0.15) is 11.6 Å². The van der Waals surface area contributed by atoms with Gasteiger partial charge in [-0.25, -0.2) is 8.78 Å². The predicted molar refractivity (Wildman–Crippen MR) is 151 cm³/mol. The summed E-state index contributed by atoms with van der Waals surface area (Å²) in [5, 5.41) is 3.05. The monoisotopic (exact) mass is 615 g/mol. The highest BCUT2D eigenvalue weighted by Gasteiger charge is 2.32. The third-order valence-electron chi connectivity index (χ3n) is 7.80. The van der Waals surface area contributed by atoms with Crippen molar-refractivity contribution in [2.45, 2.75) is 52.0 Å². The normalized spacial score (nSPS) is 24.3. The Balaban J connectivity index is 1.53. The van der Waals surface area contributed by atoms with Crippen molar-refractivity contribution in [3.8, 4) is 0 Å². The Labute approximate surface area is 240 Å². The second-order valence-corrected chi connectivity index (χ2v) is 11.8. The van der Waals surface area contributed by atoms with Crippen LogP contribution in [0.4, 0.5) is 8.78 Å². The highest BCUT2D eigenvalue weighted by atomic mass is 79.9. The molecule has 1 aromatic heterocycles. The first-order valence-electron chi connectivity index (χ1n) is 13.2. The maximum atomic E-state index is 14.9. The van der Waals surface area contributed by atoms with Gasteiger partial charge in [-0.1, -0.05) is 47.8 Å². The van der Waals surface area contributed by atoms with Crippen molar-refractivity contribution in [1.29, 1.82) is 0 Å². The molecule has 1 aromatic carbocycles. The fourth-order valence-electron chi connectivity index (χ4n) is 5.52. The molecule has 5 rings (SSSR count). The van der Waals surface area contributed by atoms with E-state index < -0.39 is 5.82 Å². The molecule has 2 amide bonds. The number of halogens is 4. The van der Waals surface area contributed by atoms with E-state index in [-0.39, 0.29) is 40.5 Å². The summed E-state index contributed by atoms with van der Waals surface area (Å²) in [5.41, 5.74) is 3.64. The second kappa shape index (κ2) is 11.3. The summed E-state index contributed by atoms with van der Waals surface area (Å²) in [4.78, 5) is 32.9. The summed E-state index contributed by atoms with van der Waals surface area (Å²) in [6.45, 7) is 4.05. The minimum absolute atomic E-state index is 0.00117. The van der Waals surface area contributed by atoms with Crippen LogP contribution in [0, 0.1) is 17.7 Å². The fraction of sp³-hybridized carbons (Fsp3) is 0.367. The van der Waals surface area contributed by atoms with Crippen LogP contribution >= 0.6 is 27.5 Å². The van der Waals surface area contributed by atoms with Crippen molar-refractivity contribution in [3.63, 3.8) is 0 Å². The van der Waals surface area contributed by atoms with Crippen molar-refractivity contribution in [2.75, 3.05) is 6.54 Å². The van der Waals surface area contributed by atoms with Crippen LogP contribution in [0.2, 0.25) is 5.02 Å². The van der Waals surface area contributed by atoms with Crippen LogP contribution in [0.25, 0.3) is 11.1 Å². The average molecular weight is 617 g/mol. The van der Waals surface area contributed by atoms with Crippen molar-refractivity contribution in [1.82, 2.24) is 15.2 Å². The topological polar surface area (TPSA) is 62.3 Å². The van der Waals surface area contributed by atoms with E-state index in [1.54, 1.807) is 30.2 Å². The number of hydrogen-bond donors (Lipinski definition) is 1. The third kappa shape index (κ3) is 5.59. The minimum atomic E-state index is -0.558. The summed E-state index contributed by atoms with van der Waals surface area (Å²) < 4.78 is 30.1. The number of carbonyl (C=O) groups is 2. The Morgan fingerprint density at radius 2 is 1.90 bits per heavy atom. The molecule has 3 atom stereocenters. The van der Waals surface area contributed by atoms with Crippen molar-refractivity contribution < 1.29 is 18.4 Å². The van der Waals surface area contributed by atoms with Crippen LogP contribution in [-0.4, -0.2) is 28.2 Å². The largest absolute Gasteiger partial charge is 0.330 e. The number of amides is 2. The van der Waals surface area contributed by atoms with Crippen LogP contribution in [0.15, 0.2) is 58.6 Å². The summed E-state index contributed by atoms with van der Waals surface area (Å²) in [5.74, 6) is -1.69. The lowest BCUT2D eigenvalue weighted by Gasteiger charge is -2.35. The summed E-state index contributed by atoms with van der Waals surface area (Å²) in [6.07, 6.45) is 7.41. The predicted octanol–water partition coefficient (Wildman–Crippen LogP) is 7.53. The van der Waals surface area contributed by atoms with E-state index in [2.05, 4.69) is 26.2 Å². The van der Waals surface area contributed by atoms with Gasteiger partial charge >= 0.3 is 0 Å². The SMILES string of the molecule is CC1CC2=C(C=C1F)c1ccnc(c1)[C@@H](N1CCC(c3c(Br)ccc(Cl)c3F)=CC1=O)CCC[C@@H](C)C(=O)N2. The zero-order valence-corrected chi connectivity index (χ0v) is 24.1. The number of aromatic nitrogens is 1. The molecular weight excluding hydrogens is 588 g/mol. The molecule has 0 saturated heterocycles. The van der Waals surface area contributed by atoms with Gasteiger partial charge in [-0.2, -0.15) is 0 Å². The van der Waals surface area contributed by atoms with E-state index in [9.17, 15) is 18.4 Å². The zero-order valence-electron chi connectivity index (χ0n) is 21.7. The molecule has 1 unspecified atom stereocenters. The molecule has 0 saturated carbocycles. The number of pyridine rings is 1. The van der Waals surface area contributed by atoms with Crippen LogP contribution in [-0.2, 0) is 9.59 Å². The number of rotatable bonds is 2. The Kier molecular flexibility index (Phi) is 8.06. The van der Waals surface area contributed by atoms with Crippen LogP contribution in [0.5, 0.6) is 0 Å². The molecule has 1 N–H and O–H groups in total. The quantitative estimate of drug-likeness (QED) is 0.355. The number of carbonyl (C=O) groups excluding carboxylic acids is 2. The van der Waals surface area contributed by atoms with E-state index in [0.717, 1.165) is 5.56 Å². The number of benzene rings is 1. The van der Waals surface area contributed by atoms with Gasteiger partial charge in [0.15, 0.2) is 0 Å². The molecule has 0 spiro atoms. The highest BCUT2D eigenvalue weighted by molar-refractivity contribution is 9.10. The van der Waals surface area contributed by atoms with Gasteiger partial charge in [0.25, 0.3) is 0 Å². The minimum Gasteiger partial charge on any atom is -0.330 e. The van der Waals surface area contributed by atoms with E-state index >= 15 is 0 Å². The zero-order chi connectivity index (χ0) is 27.8. The lowest BCUT2D eigenvalue weighted by Crippen LogP contribution is -2.38. The molecule has 2 aromatic rings. The molecule has 3 aliphatic rings. The molecule has 39 heavy (non-hydrogen) atoms. The van der Waals surface area contributed by atoms with E-state index in [1.807, 2.05) is 13.0 Å². The van der Waals surface area contributed by atoms with Gasteiger partial charge in [0.05, 0.1) is 16.8 Å². The van der Waals surface area contributed by atoms with Gasteiger partial charge in [-0.05, 0) is 67.2 Å². The average Bonchev–Trinajstić information content (AvgIpc) is 2.91. The molecule has 2 aliphatic heterocycles. The third-order valence-corrected chi connectivity index (χ3v) is 8.76. The molecule has 5 nitrogen and oxygen atoms in total. The maximum absolute atomic E-state index is 14.9. The Morgan fingerprint density at radius 3 is 2.67 bits per heavy atom. The van der Waals surface area contributed by atoms with Gasteiger partial charge in [-0.3, -0.25) is 14.6 Å². The standard InChI is InChI=1S/C30H29BrClF2N3O2/c1-16-4-3-5-26(37-11-9-19(14-27(37)38)28-21(31)6-7-22(32)29(28)34)25-13-18(8-10-35-25)20-15-23(33)17(2)12-24(20)36-30(16)39/h6-8,10,13-17,26H,3-5,9,11-12H2,1-2H3,(H,36,39)/t16-,17?,26+/m1/s1. The highest BCUT2D eigenvalue weighted by Crippen LogP contribution is 2.39. The smallest absolute Gasteiger partial charge is 0.247 e. The van der Waals surface area contributed by atoms with E-state index in [4.69, 9.17) is 11.6 Å². The van der Waals surface area contributed by atoms with Gasteiger partial charge in [0.2, 0.25) is 11.8 Å².